The molecule has 2 aromatic rings. The third-order valence-electron chi connectivity index (χ3n) is 2.67. The Kier molecular flexibility index (Phi) is 2.05. The fraction of sp³-hybridized carbons (Fsp3) is 0.0909. The van der Waals surface area contributed by atoms with Crippen LogP contribution in [0.1, 0.15) is 5.56 Å². The van der Waals surface area contributed by atoms with Crippen molar-refractivity contribution in [3.05, 3.63) is 23.8 Å². The highest BCUT2D eigenvalue weighted by atomic mass is 32.1. The van der Waals surface area contributed by atoms with Crippen molar-refractivity contribution < 1.29 is 4.79 Å². The van der Waals surface area contributed by atoms with Crippen LogP contribution in [0.2, 0.25) is 0 Å². The first-order valence-corrected chi connectivity index (χ1v) is 5.90. The average molecular weight is 246 g/mol. The topological polar surface area (TPSA) is 94.0 Å². The molecule has 5 N–H and O–H groups in total. The second-order valence-electron chi connectivity index (χ2n) is 3.86. The lowest BCUT2D eigenvalue weighted by Gasteiger charge is -2.02. The van der Waals surface area contributed by atoms with Crippen LogP contribution in [-0.4, -0.2) is 10.9 Å². The second kappa shape index (κ2) is 3.46. The summed E-state index contributed by atoms with van der Waals surface area (Å²) in [5.41, 5.74) is 14.9. The Balaban J connectivity index is 2.09. The lowest BCUT2D eigenvalue weighted by atomic mass is 10.1. The molecular formula is C11H10N4OS. The molecule has 17 heavy (non-hydrogen) atoms. The highest BCUT2D eigenvalue weighted by Gasteiger charge is 2.19. The van der Waals surface area contributed by atoms with Crippen molar-refractivity contribution in [1.82, 2.24) is 4.98 Å². The number of fused-ring (bicyclic) bond motifs is 1. The Labute approximate surface area is 101 Å². The number of thiazole rings is 1. The van der Waals surface area contributed by atoms with Crippen molar-refractivity contribution in [1.29, 1.82) is 0 Å². The van der Waals surface area contributed by atoms with Crippen molar-refractivity contribution >= 4 is 33.1 Å². The zero-order valence-corrected chi connectivity index (χ0v) is 9.67. The van der Waals surface area contributed by atoms with Gasteiger partial charge in [-0.05, 0) is 17.7 Å². The van der Waals surface area contributed by atoms with Crippen molar-refractivity contribution in [2.75, 3.05) is 16.8 Å². The van der Waals surface area contributed by atoms with E-state index >= 15 is 0 Å². The van der Waals surface area contributed by atoms with E-state index in [-0.39, 0.29) is 5.91 Å². The van der Waals surface area contributed by atoms with E-state index in [4.69, 9.17) is 11.5 Å². The van der Waals surface area contributed by atoms with Gasteiger partial charge in [0.05, 0.1) is 6.42 Å². The van der Waals surface area contributed by atoms with Crippen LogP contribution >= 0.6 is 11.3 Å². The van der Waals surface area contributed by atoms with Gasteiger partial charge in [-0.1, -0.05) is 17.4 Å². The summed E-state index contributed by atoms with van der Waals surface area (Å²) >= 11 is 1.26. The number of rotatable bonds is 1. The Hall–Kier alpha value is -2.08. The number of nitrogens with two attached hydrogens (primary N) is 2. The van der Waals surface area contributed by atoms with Crippen LogP contribution in [0.4, 0.5) is 15.8 Å². The molecule has 5 nitrogen and oxygen atoms in total. The molecule has 2 heterocycles. The van der Waals surface area contributed by atoms with E-state index in [1.165, 1.54) is 11.3 Å². The average Bonchev–Trinajstić information content (AvgIpc) is 2.78. The number of carbonyl (C=O) groups excluding carboxylic acids is 1. The molecule has 0 unspecified atom stereocenters. The lowest BCUT2D eigenvalue weighted by Crippen LogP contribution is -2.03. The second-order valence-corrected chi connectivity index (χ2v) is 4.92. The molecular weight excluding hydrogens is 236 g/mol. The summed E-state index contributed by atoms with van der Waals surface area (Å²) in [5, 5.41) is 3.83. The minimum absolute atomic E-state index is 0.0166. The van der Waals surface area contributed by atoms with Crippen LogP contribution in [0.5, 0.6) is 0 Å². The summed E-state index contributed by atoms with van der Waals surface area (Å²) in [6.45, 7) is 0. The molecule has 1 aliphatic heterocycles. The van der Waals surface area contributed by atoms with E-state index in [0.29, 0.717) is 22.2 Å². The molecule has 1 aromatic carbocycles. The molecule has 1 aromatic heterocycles. The summed E-state index contributed by atoms with van der Waals surface area (Å²) in [5.74, 6) is 0.0166. The van der Waals surface area contributed by atoms with Gasteiger partial charge in [0, 0.05) is 11.3 Å². The van der Waals surface area contributed by atoms with E-state index in [0.717, 1.165) is 16.8 Å². The Bertz CT molecular complexity index is 620. The molecule has 0 atom stereocenters. The van der Waals surface area contributed by atoms with Crippen molar-refractivity contribution in [2.45, 2.75) is 6.42 Å². The summed E-state index contributed by atoms with van der Waals surface area (Å²) < 4.78 is 0. The van der Waals surface area contributed by atoms with E-state index in [1.54, 1.807) is 0 Å². The number of amides is 1. The van der Waals surface area contributed by atoms with Gasteiger partial charge >= 0.3 is 0 Å². The Morgan fingerprint density at radius 1 is 1.35 bits per heavy atom. The normalized spacial score (nSPS) is 13.5. The molecule has 0 aliphatic carbocycles. The number of carbonyl (C=O) groups is 1. The highest BCUT2D eigenvalue weighted by Crippen LogP contribution is 2.34. The van der Waals surface area contributed by atoms with Crippen molar-refractivity contribution in [3.8, 4) is 11.3 Å². The number of nitrogen functional groups attached to an aromatic ring is 2. The number of benzene rings is 1. The fourth-order valence-electron chi connectivity index (χ4n) is 1.93. The molecule has 6 heteroatoms. The Morgan fingerprint density at radius 2 is 2.18 bits per heavy atom. The summed E-state index contributed by atoms with van der Waals surface area (Å²) in [7, 11) is 0. The number of hydrogen-bond donors (Lipinski definition) is 3. The monoisotopic (exact) mass is 246 g/mol. The summed E-state index contributed by atoms with van der Waals surface area (Å²) in [6.07, 6.45) is 0.405. The van der Waals surface area contributed by atoms with E-state index in [2.05, 4.69) is 10.3 Å². The smallest absolute Gasteiger partial charge is 0.228 e. The number of aromatic nitrogens is 1. The van der Waals surface area contributed by atoms with Crippen LogP contribution in [0, 0.1) is 0 Å². The first kappa shape index (κ1) is 10.1. The molecule has 0 spiro atoms. The van der Waals surface area contributed by atoms with Gasteiger partial charge in [0.25, 0.3) is 0 Å². The van der Waals surface area contributed by atoms with Crippen LogP contribution in [-0.2, 0) is 11.2 Å². The molecule has 0 bridgehead atoms. The molecule has 3 rings (SSSR count). The van der Waals surface area contributed by atoms with Crippen LogP contribution in [0.3, 0.4) is 0 Å². The zero-order chi connectivity index (χ0) is 12.0. The number of nitrogens with one attached hydrogen (secondary N) is 1. The van der Waals surface area contributed by atoms with Gasteiger partial charge < -0.3 is 16.8 Å². The van der Waals surface area contributed by atoms with Gasteiger partial charge in [-0.2, -0.15) is 0 Å². The Morgan fingerprint density at radius 3 is 2.88 bits per heavy atom. The van der Waals surface area contributed by atoms with Gasteiger partial charge in [0.1, 0.15) is 10.7 Å². The third kappa shape index (κ3) is 1.62. The molecule has 1 amide bonds. The fourth-order valence-corrected chi connectivity index (χ4v) is 2.55. The maximum absolute atomic E-state index is 11.2. The quantitative estimate of drug-likeness (QED) is 0.710. The number of nitrogens with zero attached hydrogens (tertiary/aromatic N) is 1. The number of anilines is 3. The first-order valence-electron chi connectivity index (χ1n) is 5.08. The molecule has 0 saturated carbocycles. The van der Waals surface area contributed by atoms with E-state index < -0.39 is 0 Å². The SMILES string of the molecule is Nc1nc(-c2ccc3c(c2)CC(=O)N3)c(N)s1. The summed E-state index contributed by atoms with van der Waals surface area (Å²) in [4.78, 5) is 15.4. The van der Waals surface area contributed by atoms with Gasteiger partial charge in [0.15, 0.2) is 5.13 Å². The molecule has 86 valence electrons. The van der Waals surface area contributed by atoms with Crippen LogP contribution in [0.25, 0.3) is 11.3 Å². The molecule has 0 saturated heterocycles. The van der Waals surface area contributed by atoms with Crippen LogP contribution in [0.15, 0.2) is 18.2 Å². The predicted molar refractivity (Wildman–Crippen MR) is 68.7 cm³/mol. The maximum Gasteiger partial charge on any atom is 0.228 e. The molecule has 0 radical (unpaired) electrons. The summed E-state index contributed by atoms with van der Waals surface area (Å²) in [6, 6.07) is 5.68. The maximum atomic E-state index is 11.2. The third-order valence-corrected chi connectivity index (χ3v) is 3.39. The highest BCUT2D eigenvalue weighted by molar-refractivity contribution is 7.19. The van der Waals surface area contributed by atoms with Gasteiger partial charge in [-0.25, -0.2) is 4.98 Å². The van der Waals surface area contributed by atoms with E-state index in [1.807, 2.05) is 18.2 Å². The van der Waals surface area contributed by atoms with Crippen molar-refractivity contribution in [3.63, 3.8) is 0 Å². The van der Waals surface area contributed by atoms with Gasteiger partial charge in [0.2, 0.25) is 5.91 Å². The minimum Gasteiger partial charge on any atom is -0.389 e. The standard InChI is InChI=1S/C11H10N4OS/c12-10-9(15-11(13)17-10)5-1-2-7-6(3-5)4-8(16)14-7/h1-3H,4,12H2,(H2,13,15)(H,14,16). The van der Waals surface area contributed by atoms with E-state index in [9.17, 15) is 4.79 Å². The van der Waals surface area contributed by atoms with Crippen LogP contribution < -0.4 is 16.8 Å². The van der Waals surface area contributed by atoms with Gasteiger partial charge in [-0.3, -0.25) is 4.79 Å². The van der Waals surface area contributed by atoms with Gasteiger partial charge in [-0.15, -0.1) is 0 Å². The predicted octanol–water partition coefficient (Wildman–Crippen LogP) is 1.47. The minimum atomic E-state index is 0.0166. The first-order chi connectivity index (χ1) is 8.13. The lowest BCUT2D eigenvalue weighted by molar-refractivity contribution is -0.115. The molecule has 0 fully saturated rings. The largest absolute Gasteiger partial charge is 0.389 e. The van der Waals surface area contributed by atoms with Crippen molar-refractivity contribution in [2.24, 2.45) is 0 Å². The zero-order valence-electron chi connectivity index (χ0n) is 8.86. The number of hydrogen-bond acceptors (Lipinski definition) is 5. The molecule has 1 aliphatic rings.